The van der Waals surface area contributed by atoms with E-state index in [0.717, 1.165) is 18.0 Å². The molecule has 0 amide bonds. The number of carboxylic acids is 1. The van der Waals surface area contributed by atoms with Crippen molar-refractivity contribution >= 4 is 17.3 Å². The smallest absolute Gasteiger partial charge is 0.347 e. The number of aliphatic hydroxyl groups excluding tert-OH is 1. The van der Waals surface area contributed by atoms with Crippen molar-refractivity contribution in [3.63, 3.8) is 0 Å². The number of hydrogen-bond acceptors (Lipinski definition) is 5. The van der Waals surface area contributed by atoms with Gasteiger partial charge in [-0.2, -0.15) is 0 Å². The molecule has 1 rings (SSSR count). The van der Waals surface area contributed by atoms with Crippen LogP contribution >= 0.6 is 11.3 Å². The molecule has 0 aliphatic rings. The normalized spacial score (nSPS) is 11.1. The minimum atomic E-state index is -0.894. The predicted molar refractivity (Wildman–Crippen MR) is 66.7 cm³/mol. The zero-order valence-electron chi connectivity index (χ0n) is 10.1. The van der Waals surface area contributed by atoms with Gasteiger partial charge in [0, 0.05) is 19.5 Å². The first-order valence-electron chi connectivity index (χ1n) is 5.59. The maximum atomic E-state index is 11.0. The third-order valence-electron chi connectivity index (χ3n) is 2.46. The Labute approximate surface area is 105 Å². The minimum absolute atomic E-state index is 0.134. The molecule has 0 bridgehead atoms. The summed E-state index contributed by atoms with van der Waals surface area (Å²) in [5, 5.41) is 18.6. The summed E-state index contributed by atoms with van der Waals surface area (Å²) in [6.45, 7) is 3.44. The molecule has 0 radical (unpaired) electrons. The Bertz CT molecular complexity index is 379. The second-order valence-electron chi connectivity index (χ2n) is 3.82. The lowest BCUT2D eigenvalue weighted by molar-refractivity contribution is 0.0701. The van der Waals surface area contributed by atoms with Crippen LogP contribution in [0.2, 0.25) is 0 Å². The number of rotatable bonds is 7. The third kappa shape index (κ3) is 4.07. The molecule has 6 heteroatoms. The summed E-state index contributed by atoms with van der Waals surface area (Å²) >= 11 is 1.25. The third-order valence-corrected chi connectivity index (χ3v) is 3.61. The summed E-state index contributed by atoms with van der Waals surface area (Å²) in [5.41, 5.74) is 0.669. The fourth-order valence-corrected chi connectivity index (χ4v) is 2.46. The highest BCUT2D eigenvalue weighted by atomic mass is 32.1. The Morgan fingerprint density at radius 2 is 2.18 bits per heavy atom. The molecule has 1 aromatic heterocycles. The van der Waals surface area contributed by atoms with Gasteiger partial charge < -0.3 is 15.1 Å². The lowest BCUT2D eigenvalue weighted by Gasteiger charge is -2.13. The Hall–Kier alpha value is -0.980. The van der Waals surface area contributed by atoms with Crippen LogP contribution in [-0.2, 0) is 12.8 Å². The summed E-state index contributed by atoms with van der Waals surface area (Å²) in [5.74, 6) is -0.894. The van der Waals surface area contributed by atoms with Crippen LogP contribution in [0.4, 0.5) is 0 Å². The van der Waals surface area contributed by atoms with Gasteiger partial charge in [-0.15, -0.1) is 11.3 Å². The number of thiazole rings is 1. The number of aromatic nitrogens is 1. The summed E-state index contributed by atoms with van der Waals surface area (Å²) in [7, 11) is 1.92. The van der Waals surface area contributed by atoms with Crippen molar-refractivity contribution in [1.82, 2.24) is 9.88 Å². The van der Waals surface area contributed by atoms with Crippen LogP contribution in [0.3, 0.4) is 0 Å². The van der Waals surface area contributed by atoms with E-state index in [9.17, 15) is 4.79 Å². The van der Waals surface area contributed by atoms with Gasteiger partial charge in [-0.25, -0.2) is 9.78 Å². The van der Waals surface area contributed by atoms with Crippen molar-refractivity contribution in [3.05, 3.63) is 15.6 Å². The summed E-state index contributed by atoms with van der Waals surface area (Å²) in [6.07, 6.45) is 1.37. The highest BCUT2D eigenvalue weighted by molar-refractivity contribution is 7.13. The van der Waals surface area contributed by atoms with Crippen LogP contribution < -0.4 is 0 Å². The molecule has 1 heterocycles. The molecule has 0 aliphatic heterocycles. The second-order valence-corrected chi connectivity index (χ2v) is 4.90. The van der Waals surface area contributed by atoms with E-state index >= 15 is 0 Å². The van der Waals surface area contributed by atoms with Crippen molar-refractivity contribution in [2.75, 3.05) is 26.7 Å². The van der Waals surface area contributed by atoms with E-state index in [-0.39, 0.29) is 6.61 Å². The van der Waals surface area contributed by atoms with Crippen LogP contribution in [0, 0.1) is 0 Å². The molecule has 17 heavy (non-hydrogen) atoms. The molecular weight excluding hydrogens is 240 g/mol. The average Bonchev–Trinajstić information content (AvgIpc) is 2.70. The molecule has 0 spiro atoms. The topological polar surface area (TPSA) is 73.7 Å². The number of likely N-dealkylation sites (N-methyl/N-ethyl adjacent to an activating group) is 1. The molecule has 5 nitrogen and oxygen atoms in total. The van der Waals surface area contributed by atoms with Crippen LogP contribution in [0.15, 0.2) is 0 Å². The van der Waals surface area contributed by atoms with E-state index in [4.69, 9.17) is 10.2 Å². The molecule has 0 aliphatic carbocycles. The van der Waals surface area contributed by atoms with E-state index in [2.05, 4.69) is 4.98 Å². The van der Waals surface area contributed by atoms with Crippen LogP contribution in [0.25, 0.3) is 0 Å². The van der Waals surface area contributed by atoms with Crippen LogP contribution in [-0.4, -0.2) is 52.8 Å². The van der Waals surface area contributed by atoms with Crippen molar-refractivity contribution in [2.24, 2.45) is 0 Å². The SMILES string of the molecule is CCc1nc(CCN(C)CCO)sc1C(=O)O. The van der Waals surface area contributed by atoms with Gasteiger partial charge in [0.05, 0.1) is 17.3 Å². The van der Waals surface area contributed by atoms with Crippen LogP contribution in [0.1, 0.15) is 27.3 Å². The Morgan fingerprint density at radius 3 is 2.65 bits per heavy atom. The average molecular weight is 258 g/mol. The molecule has 0 saturated carbocycles. The molecule has 0 fully saturated rings. The van der Waals surface area contributed by atoms with Gasteiger partial charge in [0.25, 0.3) is 0 Å². The standard InChI is InChI=1S/C11H18N2O3S/c1-3-8-10(11(15)16)17-9(12-8)4-5-13(2)6-7-14/h14H,3-7H2,1-2H3,(H,15,16). The van der Waals surface area contributed by atoms with Crippen molar-refractivity contribution in [1.29, 1.82) is 0 Å². The molecular formula is C11H18N2O3S. The predicted octanol–water partition coefficient (Wildman–Crippen LogP) is 0.870. The van der Waals surface area contributed by atoms with E-state index in [1.807, 2.05) is 18.9 Å². The lowest BCUT2D eigenvalue weighted by atomic mass is 10.3. The Morgan fingerprint density at radius 1 is 1.47 bits per heavy atom. The maximum Gasteiger partial charge on any atom is 0.347 e. The lowest BCUT2D eigenvalue weighted by Crippen LogP contribution is -2.24. The molecule has 0 saturated heterocycles. The monoisotopic (exact) mass is 258 g/mol. The van der Waals surface area contributed by atoms with Gasteiger partial charge in [-0.3, -0.25) is 0 Å². The molecule has 0 atom stereocenters. The van der Waals surface area contributed by atoms with Crippen molar-refractivity contribution in [2.45, 2.75) is 19.8 Å². The van der Waals surface area contributed by atoms with Gasteiger partial charge in [-0.05, 0) is 13.5 Å². The summed E-state index contributed by atoms with van der Waals surface area (Å²) in [6, 6.07) is 0. The Balaban J connectivity index is 2.63. The van der Waals surface area contributed by atoms with Gasteiger partial charge >= 0.3 is 5.97 Å². The number of hydrogen-bond donors (Lipinski definition) is 2. The second kappa shape index (κ2) is 6.68. The zero-order chi connectivity index (χ0) is 12.8. The fourth-order valence-electron chi connectivity index (χ4n) is 1.48. The highest BCUT2D eigenvalue weighted by Gasteiger charge is 2.15. The first-order chi connectivity index (χ1) is 8.08. The number of aryl methyl sites for hydroxylation is 1. The van der Waals surface area contributed by atoms with Gasteiger partial charge in [0.15, 0.2) is 0 Å². The van der Waals surface area contributed by atoms with Gasteiger partial charge in [0.2, 0.25) is 0 Å². The first-order valence-corrected chi connectivity index (χ1v) is 6.41. The van der Waals surface area contributed by atoms with E-state index < -0.39 is 5.97 Å². The molecule has 1 aromatic rings. The van der Waals surface area contributed by atoms with Crippen molar-refractivity contribution < 1.29 is 15.0 Å². The van der Waals surface area contributed by atoms with E-state index in [1.54, 1.807) is 0 Å². The fraction of sp³-hybridized carbons (Fsp3) is 0.636. The largest absolute Gasteiger partial charge is 0.477 e. The van der Waals surface area contributed by atoms with Crippen LogP contribution in [0.5, 0.6) is 0 Å². The molecule has 0 unspecified atom stereocenters. The van der Waals surface area contributed by atoms with Gasteiger partial charge in [0.1, 0.15) is 4.88 Å². The summed E-state index contributed by atoms with van der Waals surface area (Å²) in [4.78, 5) is 17.6. The minimum Gasteiger partial charge on any atom is -0.477 e. The molecule has 0 aromatic carbocycles. The maximum absolute atomic E-state index is 11.0. The zero-order valence-corrected chi connectivity index (χ0v) is 11.0. The quantitative estimate of drug-likeness (QED) is 0.759. The summed E-state index contributed by atoms with van der Waals surface area (Å²) < 4.78 is 0. The highest BCUT2D eigenvalue weighted by Crippen LogP contribution is 2.19. The number of aromatic carboxylic acids is 1. The number of nitrogens with zero attached hydrogens (tertiary/aromatic N) is 2. The molecule has 2 N–H and O–H groups in total. The number of aliphatic hydroxyl groups is 1. The Kier molecular flexibility index (Phi) is 5.54. The first kappa shape index (κ1) is 14.1. The molecule has 96 valence electrons. The van der Waals surface area contributed by atoms with E-state index in [1.165, 1.54) is 11.3 Å². The van der Waals surface area contributed by atoms with E-state index in [0.29, 0.717) is 23.5 Å². The number of carboxylic acid groups (broad SMARTS) is 1. The van der Waals surface area contributed by atoms with Gasteiger partial charge in [-0.1, -0.05) is 6.92 Å². The number of carbonyl (C=O) groups is 1. The van der Waals surface area contributed by atoms with Crippen molar-refractivity contribution in [3.8, 4) is 0 Å².